The molecular formula is C17H18N2O2. The van der Waals surface area contributed by atoms with E-state index in [4.69, 9.17) is 4.74 Å². The number of nitrogens with one attached hydrogen (secondary N) is 1. The second kappa shape index (κ2) is 7.85. The Balaban J connectivity index is 1.69. The molecule has 4 nitrogen and oxygen atoms in total. The van der Waals surface area contributed by atoms with Crippen molar-refractivity contribution >= 4 is 12.2 Å². The molecule has 0 saturated heterocycles. The Labute approximate surface area is 124 Å². The van der Waals surface area contributed by atoms with E-state index in [-0.39, 0.29) is 6.61 Å². The van der Waals surface area contributed by atoms with Gasteiger partial charge >= 0.3 is 6.09 Å². The van der Waals surface area contributed by atoms with Gasteiger partial charge in [-0.1, -0.05) is 42.5 Å². The van der Waals surface area contributed by atoms with Gasteiger partial charge in [-0.2, -0.15) is 0 Å². The number of pyridine rings is 1. The summed E-state index contributed by atoms with van der Waals surface area (Å²) < 4.78 is 5.10. The summed E-state index contributed by atoms with van der Waals surface area (Å²) >= 11 is 0. The molecule has 0 fully saturated rings. The summed E-state index contributed by atoms with van der Waals surface area (Å²) in [6, 6.07) is 15.4. The Kier molecular flexibility index (Phi) is 5.52. The molecule has 1 heterocycles. The number of hydrogen-bond acceptors (Lipinski definition) is 3. The van der Waals surface area contributed by atoms with Gasteiger partial charge in [0.05, 0.1) is 5.69 Å². The minimum Gasteiger partial charge on any atom is -0.445 e. The molecule has 1 aromatic heterocycles. The van der Waals surface area contributed by atoms with Crippen molar-refractivity contribution < 1.29 is 9.53 Å². The molecule has 0 aliphatic carbocycles. The molecule has 4 heteroatoms. The van der Waals surface area contributed by atoms with Crippen molar-refractivity contribution in [3.63, 3.8) is 0 Å². The van der Waals surface area contributed by atoms with Crippen LogP contribution in [-0.4, -0.2) is 17.6 Å². The fourth-order valence-electron chi connectivity index (χ4n) is 1.75. The summed E-state index contributed by atoms with van der Waals surface area (Å²) in [5.41, 5.74) is 2.80. The van der Waals surface area contributed by atoms with E-state index >= 15 is 0 Å². The van der Waals surface area contributed by atoms with E-state index in [1.807, 2.05) is 67.6 Å². The molecule has 0 aliphatic rings. The van der Waals surface area contributed by atoms with Gasteiger partial charge in [0.25, 0.3) is 0 Å². The average Bonchev–Trinajstić information content (AvgIpc) is 2.51. The quantitative estimate of drug-likeness (QED) is 0.915. The van der Waals surface area contributed by atoms with E-state index in [2.05, 4.69) is 10.3 Å². The van der Waals surface area contributed by atoms with Crippen LogP contribution in [0.3, 0.4) is 0 Å². The standard InChI is InChI=1S/C17H18N2O2/c1-14-7-5-10-16(19-14)11-6-12-18-17(20)21-13-15-8-3-2-4-9-15/h2-11H,12-13H2,1H3,(H,18,20). The molecule has 1 N–H and O–H groups in total. The van der Waals surface area contributed by atoms with Gasteiger partial charge in [0.2, 0.25) is 0 Å². The van der Waals surface area contributed by atoms with Crippen LogP contribution in [0.15, 0.2) is 54.6 Å². The number of benzene rings is 1. The SMILES string of the molecule is Cc1cccc(C=CCNC(=O)OCc2ccccc2)n1. The Morgan fingerprint density at radius 3 is 2.76 bits per heavy atom. The Morgan fingerprint density at radius 1 is 1.19 bits per heavy atom. The van der Waals surface area contributed by atoms with Gasteiger partial charge in [0.1, 0.15) is 6.61 Å². The smallest absolute Gasteiger partial charge is 0.407 e. The van der Waals surface area contributed by atoms with Gasteiger partial charge in [-0.3, -0.25) is 4.98 Å². The molecule has 0 atom stereocenters. The molecule has 0 saturated carbocycles. The lowest BCUT2D eigenvalue weighted by Gasteiger charge is -2.05. The van der Waals surface area contributed by atoms with Crippen LogP contribution < -0.4 is 5.32 Å². The molecule has 21 heavy (non-hydrogen) atoms. The van der Waals surface area contributed by atoms with Crippen molar-refractivity contribution in [3.05, 3.63) is 71.6 Å². The number of hydrogen-bond donors (Lipinski definition) is 1. The molecule has 1 aromatic carbocycles. The van der Waals surface area contributed by atoms with Gasteiger partial charge in [-0.25, -0.2) is 4.79 Å². The Bertz CT molecular complexity index is 609. The van der Waals surface area contributed by atoms with Crippen LogP contribution in [-0.2, 0) is 11.3 Å². The van der Waals surface area contributed by atoms with Crippen LogP contribution in [0.1, 0.15) is 17.0 Å². The van der Waals surface area contributed by atoms with Crippen molar-refractivity contribution in [3.8, 4) is 0 Å². The van der Waals surface area contributed by atoms with Crippen molar-refractivity contribution in [2.45, 2.75) is 13.5 Å². The molecular weight excluding hydrogens is 264 g/mol. The van der Waals surface area contributed by atoms with Crippen molar-refractivity contribution in [2.75, 3.05) is 6.54 Å². The topological polar surface area (TPSA) is 51.2 Å². The number of carbonyl (C=O) groups excluding carboxylic acids is 1. The largest absolute Gasteiger partial charge is 0.445 e. The van der Waals surface area contributed by atoms with Gasteiger partial charge in [-0.05, 0) is 30.7 Å². The third-order valence-corrected chi connectivity index (χ3v) is 2.78. The summed E-state index contributed by atoms with van der Waals surface area (Å²) in [5.74, 6) is 0. The minimum absolute atomic E-state index is 0.274. The zero-order valence-electron chi connectivity index (χ0n) is 12.0. The molecule has 0 spiro atoms. The third kappa shape index (κ3) is 5.48. The second-order valence-electron chi connectivity index (χ2n) is 4.55. The lowest BCUT2D eigenvalue weighted by Crippen LogP contribution is -2.24. The van der Waals surface area contributed by atoms with Crippen LogP contribution in [0.5, 0.6) is 0 Å². The second-order valence-corrected chi connectivity index (χ2v) is 4.55. The normalized spacial score (nSPS) is 10.5. The molecule has 1 amide bonds. The highest BCUT2D eigenvalue weighted by Gasteiger charge is 2.00. The fraction of sp³-hybridized carbons (Fsp3) is 0.176. The van der Waals surface area contributed by atoms with Gasteiger partial charge < -0.3 is 10.1 Å². The lowest BCUT2D eigenvalue weighted by atomic mass is 10.2. The van der Waals surface area contributed by atoms with Crippen molar-refractivity contribution in [2.24, 2.45) is 0 Å². The highest BCUT2D eigenvalue weighted by molar-refractivity contribution is 5.67. The first-order valence-corrected chi connectivity index (χ1v) is 6.79. The van der Waals surface area contributed by atoms with Crippen molar-refractivity contribution in [1.82, 2.24) is 10.3 Å². The summed E-state index contributed by atoms with van der Waals surface area (Å²) in [7, 11) is 0. The first kappa shape index (κ1) is 14.8. The summed E-state index contributed by atoms with van der Waals surface area (Å²) in [6.07, 6.45) is 3.27. The molecule has 2 aromatic rings. The summed E-state index contributed by atoms with van der Waals surface area (Å²) in [6.45, 7) is 2.62. The minimum atomic E-state index is -0.430. The van der Waals surface area contributed by atoms with Crippen LogP contribution in [0.4, 0.5) is 4.79 Å². The highest BCUT2D eigenvalue weighted by Crippen LogP contribution is 2.01. The number of aromatic nitrogens is 1. The number of nitrogens with zero attached hydrogens (tertiary/aromatic N) is 1. The van der Waals surface area contributed by atoms with Gasteiger partial charge in [0, 0.05) is 12.2 Å². The predicted octanol–water partition coefficient (Wildman–Crippen LogP) is 3.33. The number of alkyl carbamates (subject to hydrolysis) is 1. The van der Waals surface area contributed by atoms with E-state index in [1.54, 1.807) is 0 Å². The predicted molar refractivity (Wildman–Crippen MR) is 82.6 cm³/mol. The maximum absolute atomic E-state index is 11.5. The van der Waals surface area contributed by atoms with Crippen LogP contribution >= 0.6 is 0 Å². The van der Waals surface area contributed by atoms with E-state index in [9.17, 15) is 4.79 Å². The summed E-state index contributed by atoms with van der Waals surface area (Å²) in [5, 5.41) is 2.66. The first-order valence-electron chi connectivity index (χ1n) is 6.79. The number of carbonyl (C=O) groups is 1. The molecule has 0 bridgehead atoms. The van der Waals surface area contributed by atoms with E-state index in [0.717, 1.165) is 17.0 Å². The number of ether oxygens (including phenoxy) is 1. The van der Waals surface area contributed by atoms with E-state index in [1.165, 1.54) is 0 Å². The molecule has 0 radical (unpaired) electrons. The van der Waals surface area contributed by atoms with Gasteiger partial charge in [0.15, 0.2) is 0 Å². The average molecular weight is 282 g/mol. The molecule has 108 valence electrons. The van der Waals surface area contributed by atoms with Gasteiger partial charge in [-0.15, -0.1) is 0 Å². The molecule has 0 unspecified atom stereocenters. The zero-order valence-corrected chi connectivity index (χ0v) is 12.0. The summed E-state index contributed by atoms with van der Waals surface area (Å²) in [4.78, 5) is 15.8. The Hall–Kier alpha value is -2.62. The van der Waals surface area contributed by atoms with Crippen LogP contribution in [0.2, 0.25) is 0 Å². The molecule has 0 aliphatic heterocycles. The van der Waals surface area contributed by atoms with Crippen molar-refractivity contribution in [1.29, 1.82) is 0 Å². The van der Waals surface area contributed by atoms with Crippen LogP contribution in [0.25, 0.3) is 6.08 Å². The van der Waals surface area contributed by atoms with E-state index < -0.39 is 6.09 Å². The molecule has 2 rings (SSSR count). The maximum atomic E-state index is 11.5. The zero-order chi connectivity index (χ0) is 14.9. The monoisotopic (exact) mass is 282 g/mol. The third-order valence-electron chi connectivity index (χ3n) is 2.78. The maximum Gasteiger partial charge on any atom is 0.407 e. The first-order chi connectivity index (χ1) is 10.2. The fourth-order valence-corrected chi connectivity index (χ4v) is 1.75. The Morgan fingerprint density at radius 2 is 2.00 bits per heavy atom. The van der Waals surface area contributed by atoms with E-state index in [0.29, 0.717) is 6.54 Å². The highest BCUT2D eigenvalue weighted by atomic mass is 16.5. The lowest BCUT2D eigenvalue weighted by molar-refractivity contribution is 0.141. The number of aryl methyl sites for hydroxylation is 1. The van der Waals surface area contributed by atoms with Crippen LogP contribution in [0, 0.1) is 6.92 Å². The number of amides is 1. The number of rotatable bonds is 5.